The number of methoxy groups -OCH3 is 2. The molecule has 0 radical (unpaired) electrons. The zero-order valence-electron chi connectivity index (χ0n) is 18.0. The van der Waals surface area contributed by atoms with Gasteiger partial charge in [0.2, 0.25) is 5.91 Å². The minimum atomic E-state index is -0.220. The van der Waals surface area contributed by atoms with E-state index in [0.29, 0.717) is 16.6 Å². The number of anilines is 1. The number of carbonyl (C=O) groups excluding carboxylic acids is 1. The van der Waals surface area contributed by atoms with E-state index in [1.165, 1.54) is 28.5 Å². The first-order chi connectivity index (χ1) is 15.1. The summed E-state index contributed by atoms with van der Waals surface area (Å²) in [6, 6.07) is 14.1. The Morgan fingerprint density at radius 1 is 1.16 bits per heavy atom. The molecule has 1 N–H and O–H groups in total. The van der Waals surface area contributed by atoms with Crippen LogP contribution in [-0.4, -0.2) is 36.6 Å². The summed E-state index contributed by atoms with van der Waals surface area (Å²) in [5.74, 6) is 1.05. The van der Waals surface area contributed by atoms with Crippen LogP contribution in [0.15, 0.2) is 53.9 Å². The Kier molecular flexibility index (Phi) is 8.27. The van der Waals surface area contributed by atoms with Crippen LogP contribution < -0.4 is 14.8 Å². The van der Waals surface area contributed by atoms with Gasteiger partial charge in [0.05, 0.1) is 19.9 Å². The zero-order valence-corrected chi connectivity index (χ0v) is 19.7. The van der Waals surface area contributed by atoms with Crippen molar-refractivity contribution in [3.63, 3.8) is 0 Å². The van der Waals surface area contributed by atoms with Gasteiger partial charge < -0.3 is 9.47 Å². The molecule has 32 heavy (non-hydrogen) atoms. The van der Waals surface area contributed by atoms with Crippen molar-refractivity contribution in [2.45, 2.75) is 19.5 Å². The second-order valence-electron chi connectivity index (χ2n) is 7.31. The van der Waals surface area contributed by atoms with Crippen LogP contribution in [0.1, 0.15) is 22.4 Å². The summed E-state index contributed by atoms with van der Waals surface area (Å²) < 4.78 is 10.5. The first-order valence-corrected chi connectivity index (χ1v) is 11.0. The summed E-state index contributed by atoms with van der Waals surface area (Å²) in [5, 5.41) is 5.46. The van der Waals surface area contributed by atoms with Crippen LogP contribution >= 0.6 is 23.7 Å². The average Bonchev–Trinajstić information content (AvgIpc) is 3.23. The highest BCUT2D eigenvalue weighted by atomic mass is 35.5. The Bertz CT molecular complexity index is 1100. The molecular formula is C24H26ClN3O3S. The molecule has 0 unspecified atom stereocenters. The van der Waals surface area contributed by atoms with Crippen LogP contribution in [0.5, 0.6) is 11.5 Å². The van der Waals surface area contributed by atoms with E-state index < -0.39 is 0 Å². The van der Waals surface area contributed by atoms with Gasteiger partial charge in [0.25, 0.3) is 0 Å². The van der Waals surface area contributed by atoms with E-state index in [0.717, 1.165) is 37.3 Å². The lowest BCUT2D eigenvalue weighted by Crippen LogP contribution is -2.30. The number of ether oxygens (including phenoxy) is 2. The molecule has 168 valence electrons. The number of hydrogen-bond acceptors (Lipinski definition) is 6. The highest BCUT2D eigenvalue weighted by Crippen LogP contribution is 2.28. The molecule has 0 fully saturated rings. The van der Waals surface area contributed by atoms with Crippen molar-refractivity contribution in [1.29, 1.82) is 0 Å². The van der Waals surface area contributed by atoms with Crippen LogP contribution in [0.2, 0.25) is 0 Å². The minimum absolute atomic E-state index is 0. The van der Waals surface area contributed by atoms with Crippen LogP contribution in [0.4, 0.5) is 5.13 Å². The maximum absolute atomic E-state index is 12.3. The van der Waals surface area contributed by atoms with Gasteiger partial charge in [-0.25, -0.2) is 4.98 Å². The van der Waals surface area contributed by atoms with Crippen molar-refractivity contribution >= 4 is 40.9 Å². The Labute approximate surface area is 198 Å². The standard InChI is InChI=1S/C24H25N3O3S.ClH/c1-29-21-9-7-17(13-22(21)30-2)8-10-23(28)26-24-25-20(16-31-24)15-27-12-11-18-5-3-4-6-19(18)14-27;/h3-10,13,16H,11-12,14-15H2,1-2H3,(H,25,26,28);1H/b10-8+;. The van der Waals surface area contributed by atoms with E-state index in [9.17, 15) is 4.79 Å². The van der Waals surface area contributed by atoms with Gasteiger partial charge in [0, 0.05) is 31.1 Å². The fraction of sp³-hybridized carbons (Fsp3) is 0.250. The Hall–Kier alpha value is -2.87. The number of halogens is 1. The Morgan fingerprint density at radius 2 is 1.94 bits per heavy atom. The third-order valence-electron chi connectivity index (χ3n) is 5.21. The first-order valence-electron chi connectivity index (χ1n) is 10.1. The summed E-state index contributed by atoms with van der Waals surface area (Å²) in [6.07, 6.45) is 4.28. The molecule has 1 aliphatic heterocycles. The number of thiazole rings is 1. The second kappa shape index (κ2) is 11.1. The summed E-state index contributed by atoms with van der Waals surface area (Å²) in [5.41, 5.74) is 4.64. The van der Waals surface area contributed by atoms with E-state index in [-0.39, 0.29) is 18.3 Å². The Balaban J connectivity index is 0.00000289. The minimum Gasteiger partial charge on any atom is -0.493 e. The maximum Gasteiger partial charge on any atom is 0.250 e. The van der Waals surface area contributed by atoms with Crippen molar-refractivity contribution in [1.82, 2.24) is 9.88 Å². The van der Waals surface area contributed by atoms with Gasteiger partial charge in [0.1, 0.15) is 0 Å². The van der Waals surface area contributed by atoms with E-state index in [1.807, 2.05) is 23.6 Å². The van der Waals surface area contributed by atoms with E-state index in [2.05, 4.69) is 39.5 Å². The van der Waals surface area contributed by atoms with Gasteiger partial charge in [-0.2, -0.15) is 0 Å². The SMILES string of the molecule is COc1ccc(/C=C/C(=O)Nc2nc(CN3CCc4ccccc4C3)cs2)cc1OC.Cl. The van der Waals surface area contributed by atoms with Crippen LogP contribution in [-0.2, 0) is 24.3 Å². The van der Waals surface area contributed by atoms with Crippen molar-refractivity contribution in [3.05, 3.63) is 76.3 Å². The number of hydrogen-bond donors (Lipinski definition) is 1. The maximum atomic E-state index is 12.3. The third-order valence-corrected chi connectivity index (χ3v) is 6.02. The first kappa shape index (κ1) is 23.8. The molecule has 0 saturated carbocycles. The molecule has 1 amide bonds. The van der Waals surface area contributed by atoms with Crippen molar-refractivity contribution in [3.8, 4) is 11.5 Å². The number of nitrogens with zero attached hydrogens (tertiary/aromatic N) is 2. The highest BCUT2D eigenvalue weighted by molar-refractivity contribution is 7.13. The molecule has 2 heterocycles. The third kappa shape index (κ3) is 5.88. The lowest BCUT2D eigenvalue weighted by molar-refractivity contribution is -0.111. The lowest BCUT2D eigenvalue weighted by Gasteiger charge is -2.27. The largest absolute Gasteiger partial charge is 0.493 e. The fourth-order valence-electron chi connectivity index (χ4n) is 3.63. The van der Waals surface area contributed by atoms with Crippen LogP contribution in [0, 0.1) is 0 Å². The van der Waals surface area contributed by atoms with Crippen LogP contribution in [0.3, 0.4) is 0 Å². The van der Waals surface area contributed by atoms with Crippen molar-refractivity contribution < 1.29 is 14.3 Å². The lowest BCUT2D eigenvalue weighted by atomic mass is 10.00. The molecule has 1 aromatic heterocycles. The molecule has 0 spiro atoms. The molecule has 8 heteroatoms. The predicted octanol–water partition coefficient (Wildman–Crippen LogP) is 4.79. The number of aromatic nitrogens is 1. The van der Waals surface area contributed by atoms with E-state index in [4.69, 9.17) is 9.47 Å². The van der Waals surface area contributed by atoms with Gasteiger partial charge in [-0.3, -0.25) is 15.0 Å². The molecule has 0 atom stereocenters. The molecule has 2 aromatic carbocycles. The molecule has 1 aliphatic rings. The number of fused-ring (bicyclic) bond motifs is 1. The Morgan fingerprint density at radius 3 is 2.72 bits per heavy atom. The normalized spacial score (nSPS) is 13.3. The number of nitrogens with one attached hydrogen (secondary N) is 1. The number of benzene rings is 2. The van der Waals surface area contributed by atoms with Gasteiger partial charge in [-0.1, -0.05) is 30.3 Å². The summed E-state index contributed by atoms with van der Waals surface area (Å²) in [7, 11) is 3.17. The quantitative estimate of drug-likeness (QED) is 0.502. The molecular weight excluding hydrogens is 446 g/mol. The van der Waals surface area contributed by atoms with Gasteiger partial charge in [-0.05, 0) is 41.3 Å². The second-order valence-corrected chi connectivity index (χ2v) is 8.17. The van der Waals surface area contributed by atoms with E-state index in [1.54, 1.807) is 20.3 Å². The fourth-order valence-corrected chi connectivity index (χ4v) is 4.34. The number of amides is 1. The van der Waals surface area contributed by atoms with Crippen molar-refractivity contribution in [2.24, 2.45) is 0 Å². The number of rotatable bonds is 7. The van der Waals surface area contributed by atoms with Gasteiger partial charge in [0.15, 0.2) is 16.6 Å². The predicted molar refractivity (Wildman–Crippen MR) is 131 cm³/mol. The molecule has 0 bridgehead atoms. The topological polar surface area (TPSA) is 63.7 Å². The summed E-state index contributed by atoms with van der Waals surface area (Å²) >= 11 is 1.44. The summed E-state index contributed by atoms with van der Waals surface area (Å²) in [6.45, 7) is 2.73. The zero-order chi connectivity index (χ0) is 21.6. The number of carbonyl (C=O) groups is 1. The van der Waals surface area contributed by atoms with Gasteiger partial charge in [-0.15, -0.1) is 23.7 Å². The molecule has 0 saturated heterocycles. The smallest absolute Gasteiger partial charge is 0.250 e. The van der Waals surface area contributed by atoms with Crippen LogP contribution in [0.25, 0.3) is 6.08 Å². The average molecular weight is 472 g/mol. The van der Waals surface area contributed by atoms with Crippen molar-refractivity contribution in [2.75, 3.05) is 26.1 Å². The molecule has 4 rings (SSSR count). The van der Waals surface area contributed by atoms with Gasteiger partial charge >= 0.3 is 0 Å². The molecule has 3 aromatic rings. The molecule has 6 nitrogen and oxygen atoms in total. The molecule has 0 aliphatic carbocycles. The monoisotopic (exact) mass is 471 g/mol. The van der Waals surface area contributed by atoms with E-state index >= 15 is 0 Å². The summed E-state index contributed by atoms with van der Waals surface area (Å²) in [4.78, 5) is 19.3. The highest BCUT2D eigenvalue weighted by Gasteiger charge is 2.17.